The summed E-state index contributed by atoms with van der Waals surface area (Å²) in [7, 11) is -14.6. The Labute approximate surface area is 558 Å². The fraction of sp³-hybridized carbons (Fsp3) is 1.00. The van der Waals surface area contributed by atoms with Crippen LogP contribution in [0.5, 0.6) is 0 Å². The highest BCUT2D eigenvalue weighted by atomic mass is 28.4. The summed E-state index contributed by atoms with van der Waals surface area (Å²) < 4.78 is 37.8. The molecule has 34 nitrogen and oxygen atoms in total. The zero-order chi connectivity index (χ0) is 70.8. The van der Waals surface area contributed by atoms with Crippen LogP contribution in [0.4, 0.5) is 0 Å². The van der Waals surface area contributed by atoms with E-state index in [4.69, 9.17) is 87.5 Å². The normalized spacial score (nSPS) is 15.2. The Morgan fingerprint density at radius 3 is 1.01 bits per heavy atom. The molecule has 38 heteroatoms. The largest absolute Gasteiger partial charge is 0.495 e. The zero-order valence-electron chi connectivity index (χ0n) is 57.2. The van der Waals surface area contributed by atoms with Crippen LogP contribution in [-0.4, -0.2) is 403 Å². The second-order valence-electron chi connectivity index (χ2n) is 25.4. The minimum absolute atomic E-state index is 0.0545. The molecule has 0 aliphatic carbocycles. The lowest BCUT2D eigenvalue weighted by atomic mass is 10.2. The summed E-state index contributed by atoms with van der Waals surface area (Å²) >= 11 is 0. The summed E-state index contributed by atoms with van der Waals surface area (Å²) in [5.41, 5.74) is 10.6. The van der Waals surface area contributed by atoms with Crippen LogP contribution in [0.25, 0.3) is 0 Å². The Kier molecular flexibility index (Phi) is 56.2. The molecule has 25 N–H and O–H groups in total. The van der Waals surface area contributed by atoms with Gasteiger partial charge in [0.05, 0.1) is 87.5 Å². The molecule has 0 amide bonds. The van der Waals surface area contributed by atoms with Crippen molar-refractivity contribution in [3.63, 3.8) is 0 Å². The van der Waals surface area contributed by atoms with Gasteiger partial charge in [-0.05, 0) is 67.2 Å². The fourth-order valence-electron chi connectivity index (χ4n) is 8.60. The van der Waals surface area contributed by atoms with E-state index >= 15 is 0 Å². The number of hydrogen-bond donors (Lipinski definition) is 23. The average molecular weight is 1430 g/mol. The molecule has 93 heavy (non-hydrogen) atoms. The highest BCUT2D eigenvalue weighted by Crippen LogP contribution is 2.12. The third-order valence-electron chi connectivity index (χ3n) is 13.3. The number of aliphatic hydroxyl groups excluding tert-OH is 6. The molecule has 0 fully saturated rings. The number of ether oxygens (including phenoxy) is 6. The van der Waals surface area contributed by atoms with E-state index in [0.29, 0.717) is 144 Å². The van der Waals surface area contributed by atoms with Crippen LogP contribution in [0.2, 0.25) is 24.2 Å². The minimum atomic E-state index is -4.10. The Hall–Kier alpha value is -0.492. The maximum Gasteiger partial charge on any atom is 0.495 e. The van der Waals surface area contributed by atoms with E-state index in [-0.39, 0.29) is 122 Å². The second-order valence-corrected chi connectivity index (χ2v) is 34.0. The van der Waals surface area contributed by atoms with Gasteiger partial charge in [0.15, 0.2) is 0 Å². The van der Waals surface area contributed by atoms with Crippen LogP contribution in [0.15, 0.2) is 0 Å². The van der Waals surface area contributed by atoms with Crippen LogP contribution in [0.3, 0.4) is 0 Å². The number of rotatable bonds is 63. The number of nitrogens with two attached hydrogens (primary N) is 2. The first kappa shape index (κ1) is 94.6. The smallest absolute Gasteiger partial charge is 0.390 e. The van der Waals surface area contributed by atoms with Gasteiger partial charge in [-0.1, -0.05) is 0 Å². The number of hydrogen-bond acceptors (Lipinski definition) is 34. The van der Waals surface area contributed by atoms with Crippen molar-refractivity contribution in [3.8, 4) is 0 Å². The molecule has 0 aliphatic heterocycles. The predicted octanol–water partition coefficient (Wildman–Crippen LogP) is -8.80. The number of nitrogens with zero attached hydrogens (tertiary/aromatic N) is 4. The number of aliphatic hydroxyl groups is 6. The molecule has 0 radical (unpaired) electrons. The summed E-state index contributed by atoms with van der Waals surface area (Å²) in [6.07, 6.45) is -3.29. The molecular formula is C55H132N10O24Si4. The van der Waals surface area contributed by atoms with Crippen LogP contribution >= 0.6 is 0 Å². The summed E-state index contributed by atoms with van der Waals surface area (Å²) in [4.78, 5) is 109. The van der Waals surface area contributed by atoms with Gasteiger partial charge in [0, 0.05) is 202 Å². The van der Waals surface area contributed by atoms with Gasteiger partial charge in [-0.3, -0.25) is 19.6 Å². The topological polar surface area (TPSA) is 522 Å². The quantitative estimate of drug-likeness (QED) is 0.0199. The van der Waals surface area contributed by atoms with E-state index in [1.54, 1.807) is 0 Å². The van der Waals surface area contributed by atoms with Gasteiger partial charge in [-0.25, -0.2) is 0 Å². The Morgan fingerprint density at radius 1 is 0.355 bits per heavy atom. The Bertz CT molecular complexity index is 1700. The first-order chi connectivity index (χ1) is 43.4. The Balaban J connectivity index is 0. The highest BCUT2D eigenvalue weighted by molar-refractivity contribution is 6.57. The molecule has 0 aromatic carbocycles. The second kappa shape index (κ2) is 55.2. The van der Waals surface area contributed by atoms with Crippen molar-refractivity contribution >= 4 is 35.2 Å². The molecule has 562 valence electrons. The SMILES string of the molecule is CC(C)(C)OCC(O)CN(CCN)CCN(CCNCCNCC(O)COCCC[Si](O)(O)O)CC(O)COCCC[Si](O)(O)O.CO[Si](O)(O)CCCOCC(O)CN(CCNCCN(CCNCCN)CC(O)COCCC[Si](O)(O)O)CC(O)COC(C)(C)C. The van der Waals surface area contributed by atoms with Crippen LogP contribution in [0.1, 0.15) is 67.2 Å². The lowest BCUT2D eigenvalue weighted by molar-refractivity contribution is -0.0601. The van der Waals surface area contributed by atoms with E-state index in [2.05, 4.69) is 36.0 Å². The van der Waals surface area contributed by atoms with E-state index in [1.807, 2.05) is 46.4 Å². The van der Waals surface area contributed by atoms with Crippen LogP contribution in [-0.2, 0) is 32.8 Å². The summed E-state index contributed by atoms with van der Waals surface area (Å²) in [6.45, 7) is 24.6. The van der Waals surface area contributed by atoms with E-state index in [0.717, 1.165) is 0 Å². The Morgan fingerprint density at radius 2 is 0.656 bits per heavy atom. The van der Waals surface area contributed by atoms with Gasteiger partial charge in [-0.2, -0.15) is 0 Å². The zero-order valence-corrected chi connectivity index (χ0v) is 61.2. The van der Waals surface area contributed by atoms with Gasteiger partial charge < -0.3 is 149 Å². The fourth-order valence-corrected chi connectivity index (χ4v) is 11.3. The average Bonchev–Trinajstić information content (AvgIpc) is 2.71. The standard InChI is InChI=1S/C28H67N5O12Si2.C27H65N5O12Si2/c1-28(2,3)45-24-27(36)21-33(20-26(35)23-44-16-6-18-47(40,41)42-4)14-11-31-10-13-32(12-9-30-8-7-29)19-25(34)22-43-15-5-17-46(37,38)39;1-27(2,3)44-23-26(35)20-31(10-6-28)12-13-32(19-25(34)22-43-15-5-17-46(39,40)41)11-9-29-7-8-30-18-24(33)21-42-14-4-16-45(36,37)38/h25-27,30-31,34-41H,5-24,29H2,1-4H3;24-26,29-30,33-41H,4-23,28H2,1-3H3. The first-order valence-electron chi connectivity index (χ1n) is 32.7. The molecule has 0 saturated carbocycles. The summed E-state index contributed by atoms with van der Waals surface area (Å²) in [5, 5.41) is 75.9. The summed E-state index contributed by atoms with van der Waals surface area (Å²) in [6, 6.07) is -0.246. The molecular weight excluding hydrogens is 1300 g/mol. The minimum Gasteiger partial charge on any atom is -0.390 e. The lowest BCUT2D eigenvalue weighted by Crippen LogP contribution is -2.46. The van der Waals surface area contributed by atoms with Gasteiger partial charge in [0.25, 0.3) is 0 Å². The van der Waals surface area contributed by atoms with E-state index in [9.17, 15) is 40.2 Å². The van der Waals surface area contributed by atoms with E-state index < -0.39 is 77.4 Å². The molecule has 0 aromatic heterocycles. The van der Waals surface area contributed by atoms with Crippen molar-refractivity contribution in [3.05, 3.63) is 0 Å². The predicted molar refractivity (Wildman–Crippen MR) is 358 cm³/mol. The van der Waals surface area contributed by atoms with Gasteiger partial charge in [0.2, 0.25) is 0 Å². The summed E-state index contributed by atoms with van der Waals surface area (Å²) in [5.74, 6) is 0. The van der Waals surface area contributed by atoms with Crippen molar-refractivity contribution in [2.45, 2.75) is 139 Å². The molecule has 0 bridgehead atoms. The molecule has 0 saturated heterocycles. The maximum atomic E-state index is 10.6. The van der Waals surface area contributed by atoms with Gasteiger partial charge in [0.1, 0.15) is 0 Å². The lowest BCUT2D eigenvalue weighted by Gasteiger charge is -2.30. The molecule has 0 aliphatic rings. The molecule has 0 heterocycles. The molecule has 0 aromatic rings. The van der Waals surface area contributed by atoms with Crippen LogP contribution in [0, 0.1) is 0 Å². The first-order valence-corrected chi connectivity index (χ1v) is 40.8. The van der Waals surface area contributed by atoms with Crippen molar-refractivity contribution in [2.75, 3.05) is 217 Å². The van der Waals surface area contributed by atoms with Crippen molar-refractivity contribution in [1.29, 1.82) is 0 Å². The molecule has 0 spiro atoms. The highest BCUT2D eigenvalue weighted by Gasteiger charge is 2.31. The third kappa shape index (κ3) is 69.8. The maximum absolute atomic E-state index is 10.6. The molecule has 0 rings (SSSR count). The van der Waals surface area contributed by atoms with Crippen LogP contribution < -0.4 is 32.7 Å². The molecule has 6 atom stereocenters. The molecule has 6 unspecified atom stereocenters. The van der Waals surface area contributed by atoms with Crippen molar-refractivity contribution in [1.82, 2.24) is 40.9 Å². The number of nitrogens with one attached hydrogen (secondary N) is 4. The van der Waals surface area contributed by atoms with Gasteiger partial charge >= 0.3 is 35.2 Å². The van der Waals surface area contributed by atoms with Gasteiger partial charge in [-0.15, -0.1) is 0 Å². The van der Waals surface area contributed by atoms with Crippen molar-refractivity contribution < 1.29 is 116 Å². The monoisotopic (exact) mass is 1430 g/mol. The van der Waals surface area contributed by atoms with Crippen molar-refractivity contribution in [2.24, 2.45) is 11.5 Å². The third-order valence-corrected chi connectivity index (χ3v) is 18.0. The van der Waals surface area contributed by atoms with E-state index in [1.165, 1.54) is 7.11 Å².